The van der Waals surface area contributed by atoms with Crippen LogP contribution in [0.4, 0.5) is 14.5 Å². The van der Waals surface area contributed by atoms with Crippen LogP contribution in [0.5, 0.6) is 0 Å². The molecule has 0 aromatic heterocycles. The van der Waals surface area contributed by atoms with Crippen molar-refractivity contribution in [2.75, 3.05) is 17.7 Å². The summed E-state index contributed by atoms with van der Waals surface area (Å²) in [5.74, 6) is -2.24. The number of methoxy groups -OCH3 is 1. The Hall–Kier alpha value is -2.48. The molecule has 0 unspecified atom stereocenters. The smallest absolute Gasteiger partial charge is 0.337 e. The zero-order valence-electron chi connectivity index (χ0n) is 13.0. The monoisotopic (exact) mass is 355 g/mol. The molecule has 0 amide bonds. The number of rotatable bonds is 5. The minimum atomic E-state index is -3.85. The van der Waals surface area contributed by atoms with Crippen molar-refractivity contribution in [2.24, 2.45) is 0 Å². The van der Waals surface area contributed by atoms with E-state index in [0.717, 1.165) is 29.8 Å². The van der Waals surface area contributed by atoms with E-state index in [-0.39, 0.29) is 16.8 Å². The van der Waals surface area contributed by atoms with Crippen LogP contribution in [0.15, 0.2) is 42.5 Å². The fourth-order valence-electron chi connectivity index (χ4n) is 2.11. The van der Waals surface area contributed by atoms with Crippen LogP contribution in [0.1, 0.15) is 15.9 Å². The summed E-state index contributed by atoms with van der Waals surface area (Å²) in [4.78, 5) is 11.4. The van der Waals surface area contributed by atoms with Crippen molar-refractivity contribution < 1.29 is 26.7 Å². The molecule has 8 heteroatoms. The molecular formula is C16H15F2NO4S. The quantitative estimate of drug-likeness (QED) is 0.774. The second kappa shape index (κ2) is 6.96. The van der Waals surface area contributed by atoms with E-state index in [9.17, 15) is 22.0 Å². The Labute approximate surface area is 138 Å². The minimum absolute atomic E-state index is 0.00340. The van der Waals surface area contributed by atoms with Crippen molar-refractivity contribution >= 4 is 21.7 Å². The second-order valence-corrected chi connectivity index (χ2v) is 6.93. The molecule has 128 valence electrons. The maximum absolute atomic E-state index is 14.2. The van der Waals surface area contributed by atoms with Gasteiger partial charge in [-0.1, -0.05) is 18.2 Å². The molecule has 0 bridgehead atoms. The first-order valence-electron chi connectivity index (χ1n) is 6.83. The highest BCUT2D eigenvalue weighted by Gasteiger charge is 2.22. The summed E-state index contributed by atoms with van der Waals surface area (Å²) >= 11 is 0. The Morgan fingerprint density at radius 1 is 1.12 bits per heavy atom. The summed E-state index contributed by atoms with van der Waals surface area (Å²) in [6, 6.07) is 8.83. The molecule has 0 fully saturated rings. The third-order valence-corrected chi connectivity index (χ3v) is 4.44. The van der Waals surface area contributed by atoms with Crippen molar-refractivity contribution in [2.45, 2.75) is 6.54 Å². The first kappa shape index (κ1) is 17.9. The highest BCUT2D eigenvalue weighted by atomic mass is 32.2. The number of nitrogens with zero attached hydrogens (tertiary/aromatic N) is 1. The van der Waals surface area contributed by atoms with Crippen molar-refractivity contribution in [3.8, 4) is 0 Å². The van der Waals surface area contributed by atoms with Gasteiger partial charge in [-0.3, -0.25) is 4.31 Å². The lowest BCUT2D eigenvalue weighted by Crippen LogP contribution is -2.30. The van der Waals surface area contributed by atoms with E-state index < -0.39 is 34.2 Å². The number of carbonyl (C=O) groups is 1. The fraction of sp³-hybridized carbons (Fsp3) is 0.188. The van der Waals surface area contributed by atoms with E-state index in [2.05, 4.69) is 4.74 Å². The van der Waals surface area contributed by atoms with Gasteiger partial charge in [-0.05, 0) is 24.3 Å². The predicted octanol–water partition coefficient (Wildman–Crippen LogP) is 2.72. The van der Waals surface area contributed by atoms with Crippen molar-refractivity contribution in [1.82, 2.24) is 0 Å². The van der Waals surface area contributed by atoms with Crippen molar-refractivity contribution in [3.63, 3.8) is 0 Å². The van der Waals surface area contributed by atoms with Gasteiger partial charge < -0.3 is 4.74 Å². The van der Waals surface area contributed by atoms with Crippen molar-refractivity contribution in [1.29, 1.82) is 0 Å². The number of hydrogen-bond acceptors (Lipinski definition) is 4. The zero-order valence-corrected chi connectivity index (χ0v) is 13.8. The standard InChI is InChI=1S/C16H15F2NO4S/c1-23-16(20)11-7-8-12(14(18)9-11)10-19(24(2,21)22)15-6-4-3-5-13(15)17/h3-9H,10H2,1-2H3. The van der Waals surface area contributed by atoms with Gasteiger partial charge in [0.1, 0.15) is 11.6 Å². The molecule has 0 saturated carbocycles. The molecule has 24 heavy (non-hydrogen) atoms. The van der Waals surface area contributed by atoms with E-state index in [0.29, 0.717) is 0 Å². The number of sulfonamides is 1. The number of esters is 1. The molecule has 2 aromatic carbocycles. The molecule has 0 aliphatic heterocycles. The summed E-state index contributed by atoms with van der Waals surface area (Å²) in [5, 5.41) is 0. The van der Waals surface area contributed by atoms with E-state index in [1.807, 2.05) is 0 Å². The highest BCUT2D eigenvalue weighted by molar-refractivity contribution is 7.92. The number of para-hydroxylation sites is 1. The molecule has 5 nitrogen and oxygen atoms in total. The Balaban J connectivity index is 2.42. The first-order valence-corrected chi connectivity index (χ1v) is 8.68. The summed E-state index contributed by atoms with van der Waals surface area (Å²) in [7, 11) is -2.69. The van der Waals surface area contributed by atoms with Crippen LogP contribution < -0.4 is 4.31 Å². The van der Waals surface area contributed by atoms with Crippen molar-refractivity contribution in [3.05, 3.63) is 65.2 Å². The molecule has 2 rings (SSSR count). The molecule has 0 saturated heterocycles. The lowest BCUT2D eigenvalue weighted by Gasteiger charge is -2.23. The van der Waals surface area contributed by atoms with E-state index >= 15 is 0 Å². The van der Waals surface area contributed by atoms with Gasteiger partial charge in [0.25, 0.3) is 0 Å². The summed E-state index contributed by atoms with van der Waals surface area (Å²) < 4.78 is 57.3. The van der Waals surface area contributed by atoms with Crippen LogP contribution in [0.2, 0.25) is 0 Å². The Morgan fingerprint density at radius 3 is 2.33 bits per heavy atom. The van der Waals surface area contributed by atoms with Crippen LogP contribution in [-0.2, 0) is 21.3 Å². The molecule has 2 aromatic rings. The lowest BCUT2D eigenvalue weighted by molar-refractivity contribution is 0.0600. The fourth-order valence-corrected chi connectivity index (χ4v) is 2.99. The molecule has 0 heterocycles. The van der Waals surface area contributed by atoms with E-state index in [1.54, 1.807) is 0 Å². The van der Waals surface area contributed by atoms with Gasteiger partial charge in [0.15, 0.2) is 0 Å². The maximum atomic E-state index is 14.2. The van der Waals surface area contributed by atoms with Crippen LogP contribution in [0.25, 0.3) is 0 Å². The first-order chi connectivity index (χ1) is 11.2. The normalized spacial score (nSPS) is 11.2. The van der Waals surface area contributed by atoms with Gasteiger partial charge in [0, 0.05) is 5.56 Å². The van der Waals surface area contributed by atoms with Gasteiger partial charge in [0.05, 0.1) is 31.2 Å². The minimum Gasteiger partial charge on any atom is -0.465 e. The van der Waals surface area contributed by atoms with Gasteiger partial charge in [-0.2, -0.15) is 0 Å². The number of anilines is 1. The SMILES string of the molecule is COC(=O)c1ccc(CN(c2ccccc2F)S(C)(=O)=O)c(F)c1. The Morgan fingerprint density at radius 2 is 1.79 bits per heavy atom. The topological polar surface area (TPSA) is 63.7 Å². The number of benzene rings is 2. The maximum Gasteiger partial charge on any atom is 0.337 e. The zero-order chi connectivity index (χ0) is 17.9. The van der Waals surface area contributed by atoms with Crippen LogP contribution in [0.3, 0.4) is 0 Å². The molecule has 0 radical (unpaired) electrons. The van der Waals surface area contributed by atoms with Crippen LogP contribution in [0, 0.1) is 11.6 Å². The average Bonchev–Trinajstić information content (AvgIpc) is 2.52. The third-order valence-electron chi connectivity index (χ3n) is 3.31. The van der Waals surface area contributed by atoms with Gasteiger partial charge in [-0.15, -0.1) is 0 Å². The number of ether oxygens (including phenoxy) is 1. The Bertz CT molecular complexity index is 868. The highest BCUT2D eigenvalue weighted by Crippen LogP contribution is 2.25. The van der Waals surface area contributed by atoms with E-state index in [4.69, 9.17) is 0 Å². The van der Waals surface area contributed by atoms with E-state index in [1.165, 1.54) is 30.3 Å². The molecule has 0 spiro atoms. The van der Waals surface area contributed by atoms with Gasteiger partial charge >= 0.3 is 5.97 Å². The molecule has 0 aliphatic rings. The summed E-state index contributed by atoms with van der Waals surface area (Å²) in [6.45, 7) is -0.410. The summed E-state index contributed by atoms with van der Waals surface area (Å²) in [6.07, 6.45) is 0.903. The molecule has 0 atom stereocenters. The third kappa shape index (κ3) is 3.88. The van der Waals surface area contributed by atoms with Crippen LogP contribution >= 0.6 is 0 Å². The van der Waals surface area contributed by atoms with Gasteiger partial charge in [0.2, 0.25) is 10.0 Å². The average molecular weight is 355 g/mol. The molecular weight excluding hydrogens is 340 g/mol. The summed E-state index contributed by atoms with van der Waals surface area (Å²) in [5.41, 5.74) is -0.191. The van der Waals surface area contributed by atoms with Crippen LogP contribution in [-0.4, -0.2) is 27.8 Å². The number of carbonyl (C=O) groups excluding carboxylic acids is 1. The lowest BCUT2D eigenvalue weighted by atomic mass is 10.1. The molecule has 0 N–H and O–H groups in total. The van der Waals surface area contributed by atoms with Gasteiger partial charge in [-0.25, -0.2) is 22.0 Å². The number of hydrogen-bond donors (Lipinski definition) is 0. The predicted molar refractivity (Wildman–Crippen MR) is 85.2 cm³/mol. The number of halogens is 2. The molecule has 0 aliphatic carbocycles. The Kier molecular flexibility index (Phi) is 5.18. The second-order valence-electron chi connectivity index (χ2n) is 5.02. The largest absolute Gasteiger partial charge is 0.465 e.